The van der Waals surface area contributed by atoms with E-state index in [0.29, 0.717) is 18.7 Å². The molecule has 1 aromatic carbocycles. The zero-order valence-corrected chi connectivity index (χ0v) is 10.8. The predicted octanol–water partition coefficient (Wildman–Crippen LogP) is 1.50. The molecule has 0 amide bonds. The summed E-state index contributed by atoms with van der Waals surface area (Å²) in [5, 5.41) is 0. The van der Waals surface area contributed by atoms with Crippen molar-refractivity contribution in [2.24, 2.45) is 5.73 Å². The Morgan fingerprint density at radius 1 is 1.31 bits per heavy atom. The number of benzene rings is 1. The SMILES string of the molecule is CSc1ccc(NS(=O)(=O)CCCN)cc1. The minimum absolute atomic E-state index is 0.0633. The smallest absolute Gasteiger partial charge is 0.232 e. The van der Waals surface area contributed by atoms with Crippen LogP contribution in [0.5, 0.6) is 0 Å². The molecule has 6 heteroatoms. The predicted molar refractivity (Wildman–Crippen MR) is 69.3 cm³/mol. The van der Waals surface area contributed by atoms with Crippen LogP contribution >= 0.6 is 11.8 Å². The fraction of sp³-hybridized carbons (Fsp3) is 0.400. The molecule has 0 heterocycles. The van der Waals surface area contributed by atoms with E-state index in [1.54, 1.807) is 23.9 Å². The van der Waals surface area contributed by atoms with Gasteiger partial charge in [0.25, 0.3) is 0 Å². The summed E-state index contributed by atoms with van der Waals surface area (Å²) in [7, 11) is -3.25. The van der Waals surface area contributed by atoms with E-state index in [1.165, 1.54) is 0 Å². The molecular weight excluding hydrogens is 244 g/mol. The fourth-order valence-electron chi connectivity index (χ4n) is 1.16. The van der Waals surface area contributed by atoms with E-state index >= 15 is 0 Å². The van der Waals surface area contributed by atoms with Gasteiger partial charge in [0.1, 0.15) is 0 Å². The second-order valence-electron chi connectivity index (χ2n) is 3.29. The lowest BCUT2D eigenvalue weighted by molar-refractivity contribution is 0.599. The summed E-state index contributed by atoms with van der Waals surface area (Å²) in [6, 6.07) is 7.27. The van der Waals surface area contributed by atoms with Crippen LogP contribution in [0.2, 0.25) is 0 Å². The average Bonchev–Trinajstić information content (AvgIpc) is 2.27. The Kier molecular flexibility index (Phi) is 5.11. The van der Waals surface area contributed by atoms with Crippen molar-refractivity contribution in [1.82, 2.24) is 0 Å². The molecule has 1 rings (SSSR count). The number of rotatable bonds is 6. The highest BCUT2D eigenvalue weighted by Crippen LogP contribution is 2.18. The summed E-state index contributed by atoms with van der Waals surface area (Å²) >= 11 is 1.62. The Labute approximate surface area is 101 Å². The normalized spacial score (nSPS) is 11.4. The van der Waals surface area contributed by atoms with E-state index in [2.05, 4.69) is 4.72 Å². The van der Waals surface area contributed by atoms with Crippen molar-refractivity contribution in [2.75, 3.05) is 23.3 Å². The summed E-state index contributed by atoms with van der Waals surface area (Å²) in [5.74, 6) is 0.0633. The van der Waals surface area contributed by atoms with Gasteiger partial charge in [0, 0.05) is 10.6 Å². The third-order valence-corrected chi connectivity index (χ3v) is 4.10. The van der Waals surface area contributed by atoms with Gasteiger partial charge in [-0.3, -0.25) is 4.72 Å². The van der Waals surface area contributed by atoms with E-state index in [-0.39, 0.29) is 5.75 Å². The molecule has 0 unspecified atom stereocenters. The highest BCUT2D eigenvalue weighted by atomic mass is 32.2. The Bertz CT molecular complexity index is 415. The number of hydrogen-bond acceptors (Lipinski definition) is 4. The molecule has 0 atom stereocenters. The van der Waals surface area contributed by atoms with Crippen LogP contribution in [-0.2, 0) is 10.0 Å². The molecule has 4 nitrogen and oxygen atoms in total. The largest absolute Gasteiger partial charge is 0.330 e. The number of thioether (sulfide) groups is 1. The molecule has 0 saturated heterocycles. The van der Waals surface area contributed by atoms with Crippen molar-refractivity contribution >= 4 is 27.5 Å². The van der Waals surface area contributed by atoms with E-state index in [1.807, 2.05) is 18.4 Å². The van der Waals surface area contributed by atoms with Gasteiger partial charge in [-0.15, -0.1) is 11.8 Å². The van der Waals surface area contributed by atoms with Crippen LogP contribution in [0.1, 0.15) is 6.42 Å². The Morgan fingerprint density at radius 2 is 1.94 bits per heavy atom. The lowest BCUT2D eigenvalue weighted by Gasteiger charge is -2.07. The summed E-state index contributed by atoms with van der Waals surface area (Å²) in [6.45, 7) is 0.381. The van der Waals surface area contributed by atoms with Crippen molar-refractivity contribution in [3.63, 3.8) is 0 Å². The van der Waals surface area contributed by atoms with E-state index in [9.17, 15) is 8.42 Å². The van der Waals surface area contributed by atoms with Crippen LogP contribution in [0.25, 0.3) is 0 Å². The minimum atomic E-state index is -3.25. The second-order valence-corrected chi connectivity index (χ2v) is 6.01. The molecule has 0 aliphatic rings. The molecule has 0 saturated carbocycles. The van der Waals surface area contributed by atoms with Crippen molar-refractivity contribution < 1.29 is 8.42 Å². The zero-order valence-electron chi connectivity index (χ0n) is 9.14. The van der Waals surface area contributed by atoms with Crippen molar-refractivity contribution in [1.29, 1.82) is 0 Å². The molecular formula is C10H16N2O2S2. The first-order chi connectivity index (χ1) is 7.57. The Balaban J connectivity index is 2.65. The van der Waals surface area contributed by atoms with E-state index < -0.39 is 10.0 Å². The molecule has 0 spiro atoms. The van der Waals surface area contributed by atoms with Gasteiger partial charge in [-0.1, -0.05) is 0 Å². The first-order valence-corrected chi connectivity index (χ1v) is 7.80. The quantitative estimate of drug-likeness (QED) is 0.760. The molecule has 0 fully saturated rings. The van der Waals surface area contributed by atoms with E-state index in [4.69, 9.17) is 5.73 Å². The van der Waals surface area contributed by atoms with Gasteiger partial charge in [0.2, 0.25) is 10.0 Å². The molecule has 3 N–H and O–H groups in total. The zero-order chi connectivity index (χ0) is 12.0. The standard InChI is InChI=1S/C10H16N2O2S2/c1-15-10-5-3-9(4-6-10)12-16(13,14)8-2-7-11/h3-6,12H,2,7-8,11H2,1H3. The first kappa shape index (κ1) is 13.3. The monoisotopic (exact) mass is 260 g/mol. The summed E-state index contributed by atoms with van der Waals surface area (Å²) < 4.78 is 25.6. The van der Waals surface area contributed by atoms with Gasteiger partial charge >= 0.3 is 0 Å². The molecule has 0 radical (unpaired) electrons. The van der Waals surface area contributed by atoms with Crippen molar-refractivity contribution in [3.8, 4) is 0 Å². The summed E-state index contributed by atoms with van der Waals surface area (Å²) in [5.41, 5.74) is 5.86. The maximum atomic E-state index is 11.5. The minimum Gasteiger partial charge on any atom is -0.330 e. The summed E-state index contributed by atoms with van der Waals surface area (Å²) in [6.07, 6.45) is 2.44. The lowest BCUT2D eigenvalue weighted by atomic mass is 10.3. The lowest BCUT2D eigenvalue weighted by Crippen LogP contribution is -2.18. The fourth-order valence-corrected chi connectivity index (χ4v) is 2.72. The Hall–Kier alpha value is -0.720. The summed E-state index contributed by atoms with van der Waals surface area (Å²) in [4.78, 5) is 1.10. The molecule has 0 aromatic heterocycles. The van der Waals surface area contributed by atoms with Gasteiger partial charge in [-0.25, -0.2) is 8.42 Å². The molecule has 0 aliphatic heterocycles. The number of sulfonamides is 1. The Morgan fingerprint density at radius 3 is 2.44 bits per heavy atom. The van der Waals surface area contributed by atoms with Crippen molar-refractivity contribution in [2.45, 2.75) is 11.3 Å². The highest BCUT2D eigenvalue weighted by Gasteiger charge is 2.08. The van der Waals surface area contributed by atoms with Gasteiger partial charge in [-0.2, -0.15) is 0 Å². The average molecular weight is 260 g/mol. The topological polar surface area (TPSA) is 72.2 Å². The third kappa shape index (κ3) is 4.42. The van der Waals surface area contributed by atoms with Crippen LogP contribution in [0.3, 0.4) is 0 Å². The van der Waals surface area contributed by atoms with Gasteiger partial charge in [0.05, 0.1) is 5.75 Å². The van der Waals surface area contributed by atoms with Gasteiger partial charge in [-0.05, 0) is 43.5 Å². The van der Waals surface area contributed by atoms with Crippen LogP contribution < -0.4 is 10.5 Å². The van der Waals surface area contributed by atoms with Crippen LogP contribution in [0.4, 0.5) is 5.69 Å². The van der Waals surface area contributed by atoms with Crippen LogP contribution in [0, 0.1) is 0 Å². The number of nitrogens with one attached hydrogen (secondary N) is 1. The maximum absolute atomic E-state index is 11.5. The molecule has 1 aromatic rings. The van der Waals surface area contributed by atoms with Crippen LogP contribution in [0.15, 0.2) is 29.2 Å². The maximum Gasteiger partial charge on any atom is 0.232 e. The van der Waals surface area contributed by atoms with Crippen molar-refractivity contribution in [3.05, 3.63) is 24.3 Å². The third-order valence-electron chi connectivity index (χ3n) is 1.98. The van der Waals surface area contributed by atoms with Gasteiger partial charge in [0.15, 0.2) is 0 Å². The molecule has 16 heavy (non-hydrogen) atoms. The number of nitrogens with two attached hydrogens (primary N) is 1. The van der Waals surface area contributed by atoms with Gasteiger partial charge < -0.3 is 5.73 Å². The molecule has 90 valence electrons. The van der Waals surface area contributed by atoms with Crippen LogP contribution in [-0.4, -0.2) is 27.0 Å². The highest BCUT2D eigenvalue weighted by molar-refractivity contribution is 7.98. The molecule has 0 bridgehead atoms. The van der Waals surface area contributed by atoms with E-state index in [0.717, 1.165) is 4.90 Å². The molecule has 0 aliphatic carbocycles. The number of hydrogen-bond donors (Lipinski definition) is 2. The second kappa shape index (κ2) is 6.12. The number of anilines is 1. The first-order valence-electron chi connectivity index (χ1n) is 4.92.